The molecule has 4 bridgehead atoms. The summed E-state index contributed by atoms with van der Waals surface area (Å²) in [6.45, 7) is 17.6. The van der Waals surface area contributed by atoms with E-state index in [2.05, 4.69) is 48.5 Å². The Morgan fingerprint density at radius 2 is 1.20 bits per heavy atom. The molecule has 0 saturated heterocycles. The van der Waals surface area contributed by atoms with Gasteiger partial charge in [0, 0.05) is 0 Å². The fraction of sp³-hybridized carbons (Fsp3) is 1.00. The Kier molecular flexibility index (Phi) is 4.09. The van der Waals surface area contributed by atoms with Crippen LogP contribution in [0.3, 0.4) is 0 Å². The van der Waals surface area contributed by atoms with Gasteiger partial charge in [0.1, 0.15) is 0 Å². The molecular weight excluding hydrogens is 299 g/mol. The van der Waals surface area contributed by atoms with Crippen molar-refractivity contribution in [1.29, 1.82) is 0 Å². The lowest BCUT2D eigenvalue weighted by molar-refractivity contribution is -0.174. The Labute approximate surface area is 158 Å². The third kappa shape index (κ3) is 2.26. The first-order valence-corrected chi connectivity index (χ1v) is 11.3. The highest BCUT2D eigenvalue weighted by Gasteiger charge is 2.63. The summed E-state index contributed by atoms with van der Waals surface area (Å²) in [6.07, 6.45) is 8.26. The molecule has 0 amide bonds. The van der Waals surface area contributed by atoms with Gasteiger partial charge in [-0.15, -0.1) is 0 Å². The molecule has 140 valence electrons. The molecular formula is C24H41B. The van der Waals surface area contributed by atoms with Gasteiger partial charge >= 0.3 is 0 Å². The molecule has 8 unspecified atom stereocenters. The summed E-state index contributed by atoms with van der Waals surface area (Å²) in [7, 11) is 7.48. The fourth-order valence-corrected chi connectivity index (χ4v) is 8.80. The highest BCUT2D eigenvalue weighted by atomic mass is 14.7. The number of fused-ring (bicyclic) bond motifs is 4. The van der Waals surface area contributed by atoms with E-state index in [0.717, 1.165) is 47.3 Å². The van der Waals surface area contributed by atoms with Crippen LogP contribution in [0.5, 0.6) is 0 Å². The topological polar surface area (TPSA) is 0 Å². The summed E-state index contributed by atoms with van der Waals surface area (Å²) in [5, 5.41) is 0.0917. The van der Waals surface area contributed by atoms with Crippen LogP contribution in [-0.2, 0) is 0 Å². The smallest absolute Gasteiger partial charge is 0.0654 e. The Morgan fingerprint density at radius 3 is 1.48 bits per heavy atom. The third-order valence-corrected chi connectivity index (χ3v) is 10.8. The second-order valence-electron chi connectivity index (χ2n) is 12.0. The van der Waals surface area contributed by atoms with E-state index in [1.807, 2.05) is 0 Å². The molecule has 6 fully saturated rings. The zero-order valence-electron chi connectivity index (χ0n) is 17.9. The predicted molar refractivity (Wildman–Crippen MR) is 109 cm³/mol. The monoisotopic (exact) mass is 340 g/mol. The minimum absolute atomic E-state index is 0.0917. The Hall–Kier alpha value is 0.0649. The maximum atomic E-state index is 7.48. The largest absolute Gasteiger partial charge is 0.0754 e. The summed E-state index contributed by atoms with van der Waals surface area (Å²) in [5.41, 5.74) is 1.15. The number of rotatable bonds is 4. The van der Waals surface area contributed by atoms with Gasteiger partial charge in [-0.3, -0.25) is 0 Å². The zero-order valence-corrected chi connectivity index (χ0v) is 17.9. The quantitative estimate of drug-likeness (QED) is 0.497. The van der Waals surface area contributed by atoms with E-state index in [1.54, 1.807) is 0 Å². The molecule has 0 aromatic carbocycles. The lowest BCUT2D eigenvalue weighted by atomic mass is 9.32. The Morgan fingerprint density at radius 1 is 0.800 bits per heavy atom. The van der Waals surface area contributed by atoms with Gasteiger partial charge in [0.05, 0.1) is 7.85 Å². The summed E-state index contributed by atoms with van der Waals surface area (Å²) >= 11 is 0. The van der Waals surface area contributed by atoms with Crippen LogP contribution in [0.1, 0.15) is 87.0 Å². The van der Waals surface area contributed by atoms with Gasteiger partial charge in [-0.05, 0) is 83.9 Å². The predicted octanol–water partition coefficient (Wildman–Crippen LogP) is 6.75. The maximum absolute atomic E-state index is 7.48. The lowest BCUT2D eigenvalue weighted by Crippen LogP contribution is -2.61. The van der Waals surface area contributed by atoms with E-state index >= 15 is 0 Å². The van der Waals surface area contributed by atoms with Crippen molar-refractivity contribution in [1.82, 2.24) is 0 Å². The van der Waals surface area contributed by atoms with E-state index in [9.17, 15) is 0 Å². The van der Waals surface area contributed by atoms with Crippen molar-refractivity contribution in [3.05, 3.63) is 0 Å². The van der Waals surface area contributed by atoms with E-state index in [-0.39, 0.29) is 5.31 Å². The molecule has 0 heterocycles. The van der Waals surface area contributed by atoms with Gasteiger partial charge in [-0.1, -0.05) is 66.6 Å². The molecule has 6 rings (SSSR count). The Bertz CT molecular complexity index is 490. The summed E-state index contributed by atoms with van der Waals surface area (Å²) in [4.78, 5) is 0. The summed E-state index contributed by atoms with van der Waals surface area (Å²) in [5.74, 6) is 6.85. The van der Waals surface area contributed by atoms with Gasteiger partial charge in [0.15, 0.2) is 0 Å². The van der Waals surface area contributed by atoms with Crippen LogP contribution in [0.4, 0.5) is 0 Å². The van der Waals surface area contributed by atoms with Crippen LogP contribution in [-0.4, -0.2) is 7.85 Å². The zero-order chi connectivity index (χ0) is 18.4. The molecule has 0 spiro atoms. The molecule has 6 saturated carbocycles. The van der Waals surface area contributed by atoms with Crippen molar-refractivity contribution in [3.63, 3.8) is 0 Å². The van der Waals surface area contributed by atoms with Crippen molar-refractivity contribution in [2.45, 2.75) is 92.3 Å². The molecule has 0 nitrogen and oxygen atoms in total. The van der Waals surface area contributed by atoms with Crippen molar-refractivity contribution < 1.29 is 0 Å². The highest BCUT2D eigenvalue weighted by molar-refractivity contribution is 6.15. The van der Waals surface area contributed by atoms with Crippen LogP contribution in [0.15, 0.2) is 0 Å². The van der Waals surface area contributed by atoms with Crippen LogP contribution >= 0.6 is 0 Å². The van der Waals surface area contributed by atoms with Gasteiger partial charge in [-0.25, -0.2) is 0 Å². The molecule has 25 heavy (non-hydrogen) atoms. The van der Waals surface area contributed by atoms with Crippen molar-refractivity contribution in [3.8, 4) is 0 Å². The molecule has 0 aromatic heterocycles. The minimum atomic E-state index is 0.0917. The van der Waals surface area contributed by atoms with Crippen molar-refractivity contribution >= 4 is 7.85 Å². The standard InChI is InChI=1S/C24H41B/c1-8-9-24(25,20-12-16-10-18(14(20)2)22(16,4)5)21-13-17-11-19(15(21)3)23(17,6)7/h14-21H,8-13H2,1-7H3. The van der Waals surface area contributed by atoms with Crippen LogP contribution in [0, 0.1) is 58.2 Å². The average molecular weight is 340 g/mol. The van der Waals surface area contributed by atoms with Crippen LogP contribution < -0.4 is 0 Å². The summed E-state index contributed by atoms with van der Waals surface area (Å²) < 4.78 is 0. The van der Waals surface area contributed by atoms with E-state index < -0.39 is 0 Å². The molecule has 6 aliphatic rings. The first-order chi connectivity index (χ1) is 11.5. The highest BCUT2D eigenvalue weighted by Crippen LogP contribution is 2.73. The molecule has 1 heteroatoms. The normalized spacial score (nSPS) is 51.8. The van der Waals surface area contributed by atoms with Crippen molar-refractivity contribution in [2.24, 2.45) is 58.2 Å². The molecule has 2 radical (unpaired) electrons. The van der Waals surface area contributed by atoms with Crippen LogP contribution in [0.2, 0.25) is 5.31 Å². The third-order valence-electron chi connectivity index (χ3n) is 10.8. The second-order valence-corrected chi connectivity index (χ2v) is 12.0. The van der Waals surface area contributed by atoms with Gasteiger partial charge in [-0.2, -0.15) is 0 Å². The number of hydrogen-bond acceptors (Lipinski definition) is 0. The van der Waals surface area contributed by atoms with E-state index in [4.69, 9.17) is 7.85 Å². The molecule has 8 atom stereocenters. The molecule has 6 aliphatic carbocycles. The van der Waals surface area contributed by atoms with Gasteiger partial charge in [0.25, 0.3) is 0 Å². The minimum Gasteiger partial charge on any atom is -0.0654 e. The van der Waals surface area contributed by atoms with E-state index in [1.165, 1.54) is 38.5 Å². The first-order valence-electron chi connectivity index (χ1n) is 11.3. The van der Waals surface area contributed by atoms with Crippen LogP contribution in [0.25, 0.3) is 0 Å². The molecule has 0 N–H and O–H groups in total. The first kappa shape index (κ1) is 18.4. The van der Waals surface area contributed by atoms with Gasteiger partial charge < -0.3 is 0 Å². The maximum Gasteiger partial charge on any atom is 0.0754 e. The van der Waals surface area contributed by atoms with Gasteiger partial charge in [0.2, 0.25) is 0 Å². The average Bonchev–Trinajstić information content (AvgIpc) is 2.53. The summed E-state index contributed by atoms with van der Waals surface area (Å²) in [6, 6.07) is 0. The lowest BCUT2D eigenvalue weighted by Gasteiger charge is -2.69. The molecule has 0 aromatic rings. The number of hydrogen-bond donors (Lipinski definition) is 0. The van der Waals surface area contributed by atoms with E-state index in [0.29, 0.717) is 10.8 Å². The molecule has 0 aliphatic heterocycles. The second kappa shape index (κ2) is 5.54. The van der Waals surface area contributed by atoms with Crippen molar-refractivity contribution in [2.75, 3.05) is 0 Å². The Balaban J connectivity index is 1.61. The SMILES string of the molecule is [B]C(CCC)(C1CC2CC(C1C)C2(C)C)C1CC2CC(C1C)C2(C)C. The fourth-order valence-electron chi connectivity index (χ4n) is 8.80.